The van der Waals surface area contributed by atoms with Gasteiger partial charge in [-0.05, 0) is 23.1 Å². The molecule has 0 unspecified atom stereocenters. The third-order valence-corrected chi connectivity index (χ3v) is 2.06. The van der Waals surface area contributed by atoms with Crippen LogP contribution in [0.5, 0.6) is 0 Å². The lowest BCUT2D eigenvalue weighted by atomic mass is 10.0. The van der Waals surface area contributed by atoms with E-state index in [0.717, 1.165) is 11.3 Å². The van der Waals surface area contributed by atoms with E-state index in [9.17, 15) is 0 Å². The van der Waals surface area contributed by atoms with Crippen molar-refractivity contribution in [2.24, 2.45) is 5.73 Å². The number of benzene rings is 1. The fourth-order valence-electron chi connectivity index (χ4n) is 1.16. The molecule has 1 aromatic carbocycles. The van der Waals surface area contributed by atoms with E-state index in [0.29, 0.717) is 12.5 Å². The summed E-state index contributed by atoms with van der Waals surface area (Å²) in [5, 5.41) is 0. The van der Waals surface area contributed by atoms with E-state index < -0.39 is 0 Å². The summed E-state index contributed by atoms with van der Waals surface area (Å²) in [6.45, 7) is 4.82. The Hall–Kier alpha value is -1.02. The molecule has 0 radical (unpaired) electrons. The van der Waals surface area contributed by atoms with Crippen LogP contribution in [0.2, 0.25) is 0 Å². The Morgan fingerprint density at radius 2 is 2.00 bits per heavy atom. The molecule has 1 rings (SSSR count). The molecule has 0 heterocycles. The molecule has 0 atom stereocenters. The molecule has 0 saturated heterocycles. The zero-order valence-electron chi connectivity index (χ0n) is 7.67. The van der Waals surface area contributed by atoms with Crippen LogP contribution in [-0.4, -0.2) is 0 Å². The highest BCUT2D eigenvalue weighted by atomic mass is 14.6. The first-order valence-corrected chi connectivity index (χ1v) is 4.23. The molecule has 66 valence electrons. The average Bonchev–Trinajstić information content (AvgIpc) is 2.04. The second-order valence-corrected chi connectivity index (χ2v) is 3.32. The van der Waals surface area contributed by atoms with Gasteiger partial charge in [-0.3, -0.25) is 0 Å². The minimum absolute atomic E-state index is 0.518. The van der Waals surface area contributed by atoms with Crippen LogP contribution >= 0.6 is 0 Å². The van der Waals surface area contributed by atoms with Crippen molar-refractivity contribution < 1.29 is 0 Å². The normalized spacial score (nSPS) is 10.7. The van der Waals surface area contributed by atoms with Gasteiger partial charge in [-0.2, -0.15) is 0 Å². The van der Waals surface area contributed by atoms with Crippen molar-refractivity contribution in [3.05, 3.63) is 29.3 Å². The maximum atomic E-state index is 5.79. The molecule has 0 saturated carbocycles. The smallest absolute Gasteiger partial charge is 0.0362 e. The van der Waals surface area contributed by atoms with E-state index in [2.05, 4.69) is 19.9 Å². The predicted octanol–water partition coefficient (Wildman–Crippen LogP) is 1.85. The lowest BCUT2D eigenvalue weighted by Crippen LogP contribution is -2.02. The van der Waals surface area contributed by atoms with Crippen molar-refractivity contribution in [1.29, 1.82) is 0 Å². The molecule has 0 fully saturated rings. The highest BCUT2D eigenvalue weighted by Crippen LogP contribution is 2.19. The van der Waals surface area contributed by atoms with Gasteiger partial charge in [0.25, 0.3) is 0 Å². The Morgan fingerprint density at radius 3 is 2.42 bits per heavy atom. The molecular formula is C10H16N2. The fraction of sp³-hybridized carbons (Fsp3) is 0.400. The zero-order valence-corrected chi connectivity index (χ0v) is 7.67. The van der Waals surface area contributed by atoms with Gasteiger partial charge in [0.1, 0.15) is 0 Å². The number of hydrogen-bond acceptors (Lipinski definition) is 2. The molecule has 0 aliphatic carbocycles. The molecule has 1 aromatic rings. The summed E-state index contributed by atoms with van der Waals surface area (Å²) in [6, 6.07) is 6.10. The Labute approximate surface area is 73.6 Å². The Kier molecular flexibility index (Phi) is 2.71. The molecule has 0 aliphatic heterocycles. The summed E-state index contributed by atoms with van der Waals surface area (Å²) >= 11 is 0. The molecule has 0 amide bonds. The van der Waals surface area contributed by atoms with Gasteiger partial charge >= 0.3 is 0 Å². The van der Waals surface area contributed by atoms with E-state index in [1.54, 1.807) is 0 Å². The monoisotopic (exact) mass is 164 g/mol. The van der Waals surface area contributed by atoms with E-state index in [1.165, 1.54) is 5.56 Å². The van der Waals surface area contributed by atoms with Crippen molar-refractivity contribution in [1.82, 2.24) is 0 Å². The van der Waals surface area contributed by atoms with Gasteiger partial charge in [0, 0.05) is 12.2 Å². The first kappa shape index (κ1) is 9.07. The standard InChI is InChI=1S/C10H16N2/c1-7(2)8-3-4-9(6-11)10(12)5-8/h3-5,7H,6,11-12H2,1-2H3. The van der Waals surface area contributed by atoms with Crippen molar-refractivity contribution in [3.63, 3.8) is 0 Å². The first-order valence-electron chi connectivity index (χ1n) is 4.23. The minimum atomic E-state index is 0.518. The summed E-state index contributed by atoms with van der Waals surface area (Å²) < 4.78 is 0. The maximum Gasteiger partial charge on any atom is 0.0362 e. The lowest BCUT2D eigenvalue weighted by molar-refractivity contribution is 0.865. The van der Waals surface area contributed by atoms with Crippen molar-refractivity contribution in [2.75, 3.05) is 5.73 Å². The SMILES string of the molecule is CC(C)c1ccc(CN)c(N)c1. The van der Waals surface area contributed by atoms with Crippen molar-refractivity contribution in [2.45, 2.75) is 26.3 Å². The Morgan fingerprint density at radius 1 is 1.33 bits per heavy atom. The van der Waals surface area contributed by atoms with E-state index in [-0.39, 0.29) is 0 Å². The molecule has 12 heavy (non-hydrogen) atoms. The van der Waals surface area contributed by atoms with Crippen molar-refractivity contribution in [3.8, 4) is 0 Å². The van der Waals surface area contributed by atoms with E-state index >= 15 is 0 Å². The highest BCUT2D eigenvalue weighted by Gasteiger charge is 2.01. The van der Waals surface area contributed by atoms with Gasteiger partial charge in [-0.15, -0.1) is 0 Å². The quantitative estimate of drug-likeness (QED) is 0.655. The molecule has 0 aliphatic rings. The first-order chi connectivity index (χ1) is 5.65. The number of nitrogens with two attached hydrogens (primary N) is 2. The van der Waals surface area contributed by atoms with Crippen molar-refractivity contribution >= 4 is 5.69 Å². The predicted molar refractivity (Wildman–Crippen MR) is 52.8 cm³/mol. The largest absolute Gasteiger partial charge is 0.398 e. The summed E-state index contributed by atoms with van der Waals surface area (Å²) in [5.74, 6) is 0.527. The molecule has 0 spiro atoms. The molecule has 2 heteroatoms. The van der Waals surface area contributed by atoms with Crippen LogP contribution in [0.25, 0.3) is 0 Å². The Balaban J connectivity index is 3.02. The van der Waals surface area contributed by atoms with Crippen LogP contribution in [0.15, 0.2) is 18.2 Å². The van der Waals surface area contributed by atoms with Crippen LogP contribution in [0.1, 0.15) is 30.9 Å². The van der Waals surface area contributed by atoms with Crippen LogP contribution in [0, 0.1) is 0 Å². The Bertz CT molecular complexity index is 267. The van der Waals surface area contributed by atoms with Gasteiger partial charge < -0.3 is 11.5 Å². The third-order valence-electron chi connectivity index (χ3n) is 2.06. The second-order valence-electron chi connectivity index (χ2n) is 3.32. The molecule has 0 aromatic heterocycles. The van der Waals surface area contributed by atoms with E-state index in [4.69, 9.17) is 11.5 Å². The van der Waals surface area contributed by atoms with Crippen LogP contribution in [-0.2, 0) is 6.54 Å². The summed E-state index contributed by atoms with van der Waals surface area (Å²) in [4.78, 5) is 0. The molecule has 4 N–H and O–H groups in total. The average molecular weight is 164 g/mol. The number of anilines is 1. The van der Waals surface area contributed by atoms with Crippen LogP contribution in [0.4, 0.5) is 5.69 Å². The van der Waals surface area contributed by atoms with Gasteiger partial charge in [0.2, 0.25) is 0 Å². The number of hydrogen-bond donors (Lipinski definition) is 2. The zero-order chi connectivity index (χ0) is 9.14. The summed E-state index contributed by atoms with van der Waals surface area (Å²) in [6.07, 6.45) is 0. The van der Waals surface area contributed by atoms with Gasteiger partial charge in [0.05, 0.1) is 0 Å². The topological polar surface area (TPSA) is 52.0 Å². The highest BCUT2D eigenvalue weighted by molar-refractivity contribution is 5.49. The van der Waals surface area contributed by atoms with Gasteiger partial charge in [-0.25, -0.2) is 0 Å². The lowest BCUT2D eigenvalue weighted by Gasteiger charge is -2.08. The number of nitrogen functional groups attached to an aromatic ring is 1. The second kappa shape index (κ2) is 3.59. The minimum Gasteiger partial charge on any atom is -0.398 e. The maximum absolute atomic E-state index is 5.79. The number of rotatable bonds is 2. The molecule has 2 nitrogen and oxygen atoms in total. The summed E-state index contributed by atoms with van der Waals surface area (Å²) in [7, 11) is 0. The molecular weight excluding hydrogens is 148 g/mol. The van der Waals surface area contributed by atoms with Gasteiger partial charge in [0.15, 0.2) is 0 Å². The third kappa shape index (κ3) is 1.77. The van der Waals surface area contributed by atoms with Crippen LogP contribution < -0.4 is 11.5 Å². The van der Waals surface area contributed by atoms with Gasteiger partial charge in [-0.1, -0.05) is 26.0 Å². The summed E-state index contributed by atoms with van der Waals surface area (Å²) in [5.41, 5.74) is 14.4. The fourth-order valence-corrected chi connectivity index (χ4v) is 1.16. The van der Waals surface area contributed by atoms with Crippen LogP contribution in [0.3, 0.4) is 0 Å². The van der Waals surface area contributed by atoms with E-state index in [1.807, 2.05) is 12.1 Å². The molecule has 0 bridgehead atoms.